The first-order valence-electron chi connectivity index (χ1n) is 9.56. The second-order valence-electron chi connectivity index (χ2n) is 7.00. The minimum atomic E-state index is -0.317. The zero-order chi connectivity index (χ0) is 21.1. The van der Waals surface area contributed by atoms with Gasteiger partial charge < -0.3 is 15.1 Å². The molecule has 0 bridgehead atoms. The molecule has 2 aromatic carbocycles. The third-order valence-electron chi connectivity index (χ3n) is 4.74. The van der Waals surface area contributed by atoms with E-state index >= 15 is 0 Å². The molecule has 0 spiro atoms. The van der Waals surface area contributed by atoms with E-state index in [1.165, 1.54) is 11.3 Å². The smallest absolute Gasteiger partial charge is 0.245 e. The molecule has 2 amide bonds. The van der Waals surface area contributed by atoms with Crippen molar-refractivity contribution >= 4 is 39.1 Å². The van der Waals surface area contributed by atoms with Crippen LogP contribution in [0.3, 0.4) is 0 Å². The predicted octanol–water partition coefficient (Wildman–Crippen LogP) is 4.47. The van der Waals surface area contributed by atoms with Crippen LogP contribution in [0.4, 0.5) is 5.13 Å². The molecule has 7 heteroatoms. The summed E-state index contributed by atoms with van der Waals surface area (Å²) >= 11 is 1.33. The quantitative estimate of drug-likeness (QED) is 0.483. The van der Waals surface area contributed by atoms with Crippen LogP contribution in [0.1, 0.15) is 17.1 Å². The average Bonchev–Trinajstić information content (AvgIpc) is 3.32. The summed E-state index contributed by atoms with van der Waals surface area (Å²) in [5.41, 5.74) is 2.60. The lowest BCUT2D eigenvalue weighted by Gasteiger charge is -2.08. The zero-order valence-electron chi connectivity index (χ0n) is 16.7. The second kappa shape index (κ2) is 8.51. The Morgan fingerprint density at radius 3 is 2.67 bits per heavy atom. The van der Waals surface area contributed by atoms with E-state index < -0.39 is 0 Å². The van der Waals surface area contributed by atoms with Gasteiger partial charge in [-0.3, -0.25) is 9.59 Å². The number of hydrogen-bond donors (Lipinski definition) is 2. The molecule has 0 aliphatic rings. The maximum Gasteiger partial charge on any atom is 0.245 e. The fourth-order valence-corrected chi connectivity index (χ4v) is 4.09. The maximum atomic E-state index is 12.3. The van der Waals surface area contributed by atoms with Crippen molar-refractivity contribution in [3.05, 3.63) is 71.0 Å². The molecule has 2 aromatic heterocycles. The minimum absolute atomic E-state index is 0.109. The summed E-state index contributed by atoms with van der Waals surface area (Å²) in [6.45, 7) is 3.65. The number of carbonyl (C=O) groups excluding carboxylic acids is 2. The SMILES string of the molecule is Cc1cc(-c2csc(NC(=O)CNC(=O)Cc3cccc4ccccc34)n2)c(C)o1. The van der Waals surface area contributed by atoms with E-state index in [0.717, 1.165) is 39.1 Å². The van der Waals surface area contributed by atoms with Crippen LogP contribution in [0.2, 0.25) is 0 Å². The first-order valence-corrected chi connectivity index (χ1v) is 10.4. The summed E-state index contributed by atoms with van der Waals surface area (Å²) in [6.07, 6.45) is 0.217. The van der Waals surface area contributed by atoms with E-state index in [2.05, 4.69) is 15.6 Å². The van der Waals surface area contributed by atoms with Gasteiger partial charge in [-0.05, 0) is 36.2 Å². The van der Waals surface area contributed by atoms with Crippen molar-refractivity contribution in [2.45, 2.75) is 20.3 Å². The minimum Gasteiger partial charge on any atom is -0.466 e. The lowest BCUT2D eigenvalue weighted by atomic mass is 10.0. The number of anilines is 1. The van der Waals surface area contributed by atoms with Gasteiger partial charge in [0.2, 0.25) is 11.8 Å². The summed E-state index contributed by atoms with van der Waals surface area (Å²) in [4.78, 5) is 29.0. The van der Waals surface area contributed by atoms with Crippen LogP contribution >= 0.6 is 11.3 Å². The van der Waals surface area contributed by atoms with Gasteiger partial charge in [-0.1, -0.05) is 42.5 Å². The van der Waals surface area contributed by atoms with Crippen LogP contribution in [-0.4, -0.2) is 23.3 Å². The fourth-order valence-electron chi connectivity index (χ4n) is 3.36. The Labute approximate surface area is 177 Å². The molecule has 0 saturated heterocycles. The molecular weight excluding hydrogens is 398 g/mol. The van der Waals surface area contributed by atoms with E-state index in [9.17, 15) is 9.59 Å². The third-order valence-corrected chi connectivity index (χ3v) is 5.50. The molecule has 0 saturated carbocycles. The van der Waals surface area contributed by atoms with Gasteiger partial charge in [0.05, 0.1) is 18.7 Å². The topological polar surface area (TPSA) is 84.2 Å². The van der Waals surface area contributed by atoms with Crippen molar-refractivity contribution in [1.29, 1.82) is 0 Å². The number of carbonyl (C=O) groups is 2. The van der Waals surface area contributed by atoms with Crippen LogP contribution in [0.5, 0.6) is 0 Å². The highest BCUT2D eigenvalue weighted by molar-refractivity contribution is 7.14. The molecular formula is C23H21N3O3S. The normalized spacial score (nSPS) is 10.9. The number of furan rings is 1. The van der Waals surface area contributed by atoms with Crippen LogP contribution in [0, 0.1) is 13.8 Å². The lowest BCUT2D eigenvalue weighted by molar-refractivity contribution is -0.123. The number of rotatable bonds is 6. The van der Waals surface area contributed by atoms with Crippen molar-refractivity contribution in [2.75, 3.05) is 11.9 Å². The Kier molecular flexibility index (Phi) is 5.63. The molecule has 0 atom stereocenters. The number of aryl methyl sites for hydroxylation is 2. The number of nitrogens with zero attached hydrogens (tertiary/aromatic N) is 1. The lowest BCUT2D eigenvalue weighted by Crippen LogP contribution is -2.33. The summed E-state index contributed by atoms with van der Waals surface area (Å²) in [6, 6.07) is 15.7. The standard InChI is InChI=1S/C23H21N3O3S/c1-14-10-19(15(2)29-14)20-13-30-23(25-20)26-22(28)12-24-21(27)11-17-8-5-7-16-6-3-4-9-18(16)17/h3-10,13H,11-12H2,1-2H3,(H,24,27)(H,25,26,28). The largest absolute Gasteiger partial charge is 0.466 e. The van der Waals surface area contributed by atoms with Gasteiger partial charge in [0.25, 0.3) is 0 Å². The van der Waals surface area contributed by atoms with E-state index in [-0.39, 0.29) is 24.8 Å². The van der Waals surface area contributed by atoms with Crippen LogP contribution in [0.25, 0.3) is 22.0 Å². The number of benzene rings is 2. The molecule has 30 heavy (non-hydrogen) atoms. The van der Waals surface area contributed by atoms with Crippen molar-refractivity contribution in [1.82, 2.24) is 10.3 Å². The first kappa shape index (κ1) is 19.8. The molecule has 0 unspecified atom stereocenters. The molecule has 2 N–H and O–H groups in total. The van der Waals surface area contributed by atoms with Crippen molar-refractivity contribution < 1.29 is 14.0 Å². The predicted molar refractivity (Wildman–Crippen MR) is 119 cm³/mol. The Morgan fingerprint density at radius 2 is 1.87 bits per heavy atom. The van der Waals surface area contributed by atoms with Crippen molar-refractivity contribution in [3.8, 4) is 11.3 Å². The average molecular weight is 420 g/mol. The Balaban J connectivity index is 1.33. The van der Waals surface area contributed by atoms with Gasteiger partial charge in [-0.15, -0.1) is 11.3 Å². The van der Waals surface area contributed by atoms with Crippen LogP contribution in [0.15, 0.2) is 58.3 Å². The van der Waals surface area contributed by atoms with Crippen molar-refractivity contribution in [2.24, 2.45) is 0 Å². The molecule has 0 radical (unpaired) electrons. The van der Waals surface area contributed by atoms with E-state index in [4.69, 9.17) is 4.42 Å². The van der Waals surface area contributed by atoms with E-state index in [1.807, 2.05) is 67.8 Å². The molecule has 0 aliphatic heterocycles. The highest BCUT2D eigenvalue weighted by atomic mass is 32.1. The highest BCUT2D eigenvalue weighted by Crippen LogP contribution is 2.29. The fraction of sp³-hybridized carbons (Fsp3) is 0.174. The second-order valence-corrected chi connectivity index (χ2v) is 7.86. The Morgan fingerprint density at radius 1 is 1.07 bits per heavy atom. The summed E-state index contributed by atoms with van der Waals surface area (Å²) in [5, 5.41) is 9.89. The van der Waals surface area contributed by atoms with Crippen LogP contribution < -0.4 is 10.6 Å². The molecule has 4 rings (SSSR count). The molecule has 0 aliphatic carbocycles. The summed E-state index contributed by atoms with van der Waals surface area (Å²) in [7, 11) is 0. The zero-order valence-corrected chi connectivity index (χ0v) is 17.5. The van der Waals surface area contributed by atoms with E-state index in [1.54, 1.807) is 0 Å². The monoisotopic (exact) mass is 419 g/mol. The Bertz CT molecular complexity index is 1220. The summed E-state index contributed by atoms with van der Waals surface area (Å²) in [5.74, 6) is 1.08. The van der Waals surface area contributed by atoms with Crippen LogP contribution in [-0.2, 0) is 16.0 Å². The van der Waals surface area contributed by atoms with Gasteiger partial charge in [0.1, 0.15) is 11.5 Å². The number of amides is 2. The molecule has 152 valence electrons. The first-order chi connectivity index (χ1) is 14.5. The highest BCUT2D eigenvalue weighted by Gasteiger charge is 2.13. The molecule has 4 aromatic rings. The van der Waals surface area contributed by atoms with Gasteiger partial charge in [0, 0.05) is 10.9 Å². The molecule has 6 nitrogen and oxygen atoms in total. The number of nitrogens with one attached hydrogen (secondary N) is 2. The van der Waals surface area contributed by atoms with E-state index in [0.29, 0.717) is 5.13 Å². The summed E-state index contributed by atoms with van der Waals surface area (Å²) < 4.78 is 5.53. The number of aromatic nitrogens is 1. The molecule has 2 heterocycles. The van der Waals surface area contributed by atoms with Gasteiger partial charge in [0.15, 0.2) is 5.13 Å². The van der Waals surface area contributed by atoms with Gasteiger partial charge in [-0.2, -0.15) is 0 Å². The number of hydrogen-bond acceptors (Lipinski definition) is 5. The van der Waals surface area contributed by atoms with Gasteiger partial charge >= 0.3 is 0 Å². The number of thiazole rings is 1. The van der Waals surface area contributed by atoms with Crippen molar-refractivity contribution in [3.63, 3.8) is 0 Å². The molecule has 0 fully saturated rings. The van der Waals surface area contributed by atoms with Gasteiger partial charge in [-0.25, -0.2) is 4.98 Å². The Hall–Kier alpha value is -3.45. The maximum absolute atomic E-state index is 12.3. The third kappa shape index (κ3) is 4.41. The number of fused-ring (bicyclic) bond motifs is 1.